The Labute approximate surface area is 165 Å². The third-order valence-corrected chi connectivity index (χ3v) is 4.47. The molecule has 0 aliphatic carbocycles. The van der Waals surface area contributed by atoms with Crippen molar-refractivity contribution in [2.75, 3.05) is 23.8 Å². The lowest BCUT2D eigenvalue weighted by Gasteiger charge is -2.15. The van der Waals surface area contributed by atoms with Gasteiger partial charge in [-0.1, -0.05) is 0 Å². The van der Waals surface area contributed by atoms with E-state index in [1.165, 1.54) is 12.3 Å². The Morgan fingerprint density at radius 3 is 2.76 bits per heavy atom. The number of hydrogen-bond donors (Lipinski definition) is 5. The van der Waals surface area contributed by atoms with Gasteiger partial charge in [-0.05, 0) is 38.1 Å². The average Bonchev–Trinajstić information content (AvgIpc) is 3.32. The van der Waals surface area contributed by atoms with E-state index in [0.717, 1.165) is 11.1 Å². The molecule has 0 aliphatic heterocycles. The molecule has 0 unspecified atom stereocenters. The smallest absolute Gasteiger partial charge is 0.154 e. The van der Waals surface area contributed by atoms with Gasteiger partial charge in [0.1, 0.15) is 28.5 Å². The summed E-state index contributed by atoms with van der Waals surface area (Å²) in [5.41, 5.74) is 3.74. The zero-order chi connectivity index (χ0) is 20.4. The molecule has 0 aromatic carbocycles. The Kier molecular flexibility index (Phi) is 5.09. The molecule has 0 spiro atoms. The first-order valence-corrected chi connectivity index (χ1v) is 9.19. The van der Waals surface area contributed by atoms with E-state index in [4.69, 9.17) is 0 Å². The van der Waals surface area contributed by atoms with Crippen LogP contribution in [0.3, 0.4) is 0 Å². The predicted octanol–water partition coefficient (Wildman–Crippen LogP) is 2.77. The van der Waals surface area contributed by atoms with Crippen LogP contribution in [-0.2, 0) is 0 Å². The normalized spacial score (nSPS) is 12.3. The van der Waals surface area contributed by atoms with E-state index in [1.54, 1.807) is 6.07 Å². The summed E-state index contributed by atoms with van der Waals surface area (Å²) in [6.45, 7) is 4.15. The molecule has 4 rings (SSSR count). The highest BCUT2D eigenvalue weighted by Gasteiger charge is 2.17. The van der Waals surface area contributed by atoms with E-state index < -0.39 is 0 Å². The lowest BCUT2D eigenvalue weighted by molar-refractivity contribution is 0.311. The summed E-state index contributed by atoms with van der Waals surface area (Å²) >= 11 is 0. The van der Waals surface area contributed by atoms with Crippen molar-refractivity contribution in [3.8, 4) is 11.4 Å². The largest absolute Gasteiger partial charge is 0.395 e. The number of aliphatic hydroxyl groups excluding tert-OH is 1. The van der Waals surface area contributed by atoms with Crippen molar-refractivity contribution in [3.63, 3.8) is 0 Å². The van der Waals surface area contributed by atoms with Crippen LogP contribution in [0.2, 0.25) is 0 Å². The van der Waals surface area contributed by atoms with Gasteiger partial charge in [0.15, 0.2) is 5.82 Å². The van der Waals surface area contributed by atoms with Gasteiger partial charge in [0, 0.05) is 17.6 Å². The summed E-state index contributed by atoms with van der Waals surface area (Å²) in [4.78, 5) is 8.72. The van der Waals surface area contributed by atoms with Crippen molar-refractivity contribution in [2.24, 2.45) is 0 Å². The molecule has 1 atom stereocenters. The number of halogens is 1. The second kappa shape index (κ2) is 7.84. The molecule has 4 heterocycles. The number of aliphatic hydroxyl groups is 1. The van der Waals surface area contributed by atoms with Gasteiger partial charge in [-0.15, -0.1) is 0 Å². The third-order valence-electron chi connectivity index (χ3n) is 4.47. The van der Waals surface area contributed by atoms with Gasteiger partial charge in [0.2, 0.25) is 0 Å². The van der Waals surface area contributed by atoms with Gasteiger partial charge >= 0.3 is 0 Å². The van der Waals surface area contributed by atoms with Crippen molar-refractivity contribution in [2.45, 2.75) is 19.9 Å². The number of fused-ring (bicyclic) bond motifs is 1. The minimum atomic E-state index is -0.381. The van der Waals surface area contributed by atoms with Crippen LogP contribution < -0.4 is 10.6 Å². The van der Waals surface area contributed by atoms with Crippen molar-refractivity contribution < 1.29 is 9.50 Å². The standard InChI is InChI=1S/C19H21FN8O/c1-10-7-15(26-25-10)17-13-8-16(23-11(2)14-4-3-12(20)9-22-14)24-19(21-5-6-29)18(13)28-27-17/h3-4,7-9,11,29H,5-6H2,1-2H3,(H,25,26)(H,27,28)(H2,21,23,24)/t11-/m0/s1. The fourth-order valence-corrected chi connectivity index (χ4v) is 3.07. The molecule has 4 aromatic heterocycles. The summed E-state index contributed by atoms with van der Waals surface area (Å²) < 4.78 is 13.2. The highest BCUT2D eigenvalue weighted by Crippen LogP contribution is 2.31. The zero-order valence-electron chi connectivity index (χ0n) is 16.0. The van der Waals surface area contributed by atoms with Crippen LogP contribution in [-0.4, -0.2) is 48.6 Å². The van der Waals surface area contributed by atoms with E-state index in [1.807, 2.05) is 26.0 Å². The second-order valence-corrected chi connectivity index (χ2v) is 6.70. The van der Waals surface area contributed by atoms with Gasteiger partial charge < -0.3 is 15.7 Å². The van der Waals surface area contributed by atoms with E-state index in [-0.39, 0.29) is 18.5 Å². The number of nitrogens with one attached hydrogen (secondary N) is 4. The highest BCUT2D eigenvalue weighted by atomic mass is 19.1. The van der Waals surface area contributed by atoms with Crippen molar-refractivity contribution in [3.05, 3.63) is 47.7 Å². The van der Waals surface area contributed by atoms with Crippen molar-refractivity contribution in [1.29, 1.82) is 0 Å². The lowest BCUT2D eigenvalue weighted by atomic mass is 10.1. The maximum absolute atomic E-state index is 13.2. The number of anilines is 2. The fraction of sp³-hybridized carbons (Fsp3) is 0.263. The molecule has 0 amide bonds. The predicted molar refractivity (Wildman–Crippen MR) is 108 cm³/mol. The molecule has 150 valence electrons. The van der Waals surface area contributed by atoms with E-state index in [9.17, 15) is 9.50 Å². The Balaban J connectivity index is 1.73. The lowest BCUT2D eigenvalue weighted by Crippen LogP contribution is -2.12. The highest BCUT2D eigenvalue weighted by molar-refractivity contribution is 5.99. The molecule has 0 saturated carbocycles. The van der Waals surface area contributed by atoms with Crippen LogP contribution in [0.25, 0.3) is 22.3 Å². The second-order valence-electron chi connectivity index (χ2n) is 6.70. The van der Waals surface area contributed by atoms with Gasteiger partial charge in [-0.2, -0.15) is 10.2 Å². The van der Waals surface area contributed by atoms with Crippen molar-refractivity contribution >= 4 is 22.5 Å². The van der Waals surface area contributed by atoms with E-state index >= 15 is 0 Å². The third kappa shape index (κ3) is 3.87. The molecule has 4 aromatic rings. The summed E-state index contributed by atoms with van der Waals surface area (Å²) in [6.07, 6.45) is 1.19. The van der Waals surface area contributed by atoms with Crippen LogP contribution in [0.5, 0.6) is 0 Å². The average molecular weight is 396 g/mol. The number of H-pyrrole nitrogens is 2. The summed E-state index contributed by atoms with van der Waals surface area (Å²) in [5.74, 6) is 0.768. The van der Waals surface area contributed by atoms with Crippen LogP contribution in [0.4, 0.5) is 16.0 Å². The summed E-state index contributed by atoms with van der Waals surface area (Å²) in [7, 11) is 0. The number of aromatic nitrogens is 6. The van der Waals surface area contributed by atoms with Crippen LogP contribution in [0.1, 0.15) is 24.4 Å². The van der Waals surface area contributed by atoms with Gasteiger partial charge in [-0.3, -0.25) is 15.2 Å². The molecule has 0 fully saturated rings. The molecule has 29 heavy (non-hydrogen) atoms. The quantitative estimate of drug-likeness (QED) is 0.325. The first-order valence-electron chi connectivity index (χ1n) is 9.19. The molecule has 5 N–H and O–H groups in total. The Morgan fingerprint density at radius 1 is 1.21 bits per heavy atom. The minimum Gasteiger partial charge on any atom is -0.395 e. The van der Waals surface area contributed by atoms with E-state index in [2.05, 4.69) is 41.0 Å². The Hall–Kier alpha value is -3.53. The number of pyridine rings is 2. The maximum Gasteiger partial charge on any atom is 0.154 e. The first-order chi connectivity index (χ1) is 14.0. The number of nitrogens with zero attached hydrogens (tertiary/aromatic N) is 4. The molecule has 10 heteroatoms. The molecular weight excluding hydrogens is 375 g/mol. The van der Waals surface area contributed by atoms with E-state index in [0.29, 0.717) is 40.8 Å². The number of aromatic amines is 2. The number of hydrogen-bond acceptors (Lipinski definition) is 7. The number of rotatable bonds is 7. The molecular formula is C19H21FN8O. The zero-order valence-corrected chi connectivity index (χ0v) is 16.0. The summed E-state index contributed by atoms with van der Waals surface area (Å²) in [5, 5.41) is 31.0. The number of aryl methyl sites for hydroxylation is 1. The Bertz CT molecular complexity index is 1120. The SMILES string of the molecule is Cc1cc(-c2n[nH]c3c(NCCO)nc(N[C@@H](C)c4ccc(F)cn4)cc23)n[nH]1. The van der Waals surface area contributed by atoms with Crippen LogP contribution in [0, 0.1) is 12.7 Å². The minimum absolute atomic E-state index is 0.0315. The topological polar surface area (TPSA) is 127 Å². The molecule has 0 bridgehead atoms. The Morgan fingerprint density at radius 2 is 2.07 bits per heavy atom. The van der Waals surface area contributed by atoms with Gasteiger partial charge in [-0.25, -0.2) is 9.37 Å². The van der Waals surface area contributed by atoms with Crippen LogP contribution in [0.15, 0.2) is 30.5 Å². The molecule has 0 aliphatic rings. The molecule has 9 nitrogen and oxygen atoms in total. The van der Waals surface area contributed by atoms with Crippen molar-refractivity contribution in [1.82, 2.24) is 30.4 Å². The van der Waals surface area contributed by atoms with Gasteiger partial charge in [0.25, 0.3) is 0 Å². The monoisotopic (exact) mass is 396 g/mol. The fourth-order valence-electron chi connectivity index (χ4n) is 3.07. The molecule has 0 saturated heterocycles. The van der Waals surface area contributed by atoms with Crippen LogP contribution >= 0.6 is 0 Å². The van der Waals surface area contributed by atoms with Gasteiger partial charge in [0.05, 0.1) is 24.5 Å². The summed E-state index contributed by atoms with van der Waals surface area (Å²) in [6, 6.07) is 6.59. The maximum atomic E-state index is 13.2. The first kappa shape index (κ1) is 18.8. The molecule has 0 radical (unpaired) electrons.